The molecule has 3 heteroatoms. The van der Waals surface area contributed by atoms with Crippen molar-refractivity contribution in [1.82, 2.24) is 0 Å². The van der Waals surface area contributed by atoms with Crippen molar-refractivity contribution in [3.8, 4) is 0 Å². The molecule has 0 aromatic rings. The maximum absolute atomic E-state index is 5.13. The average molecular weight is 130 g/mol. The van der Waals surface area contributed by atoms with E-state index >= 15 is 0 Å². The Kier molecular flexibility index (Phi) is 2.52. The van der Waals surface area contributed by atoms with E-state index in [0.29, 0.717) is 15.9 Å². The molecule has 0 N–H and O–H groups in total. The molecule has 0 aromatic heterocycles. The van der Waals surface area contributed by atoms with Gasteiger partial charge in [0.2, 0.25) is 9.76 Å². The van der Waals surface area contributed by atoms with E-state index in [2.05, 4.69) is 0 Å². The SMILES string of the molecule is CCO[Si]CC1CO1. The molecule has 46 valence electrons. The van der Waals surface area contributed by atoms with Gasteiger partial charge in [-0.15, -0.1) is 0 Å². The van der Waals surface area contributed by atoms with Crippen molar-refractivity contribution in [1.29, 1.82) is 0 Å². The lowest BCUT2D eigenvalue weighted by Gasteiger charge is -1.92. The lowest BCUT2D eigenvalue weighted by atomic mass is 10.6. The van der Waals surface area contributed by atoms with Gasteiger partial charge in [-0.05, 0) is 13.0 Å². The summed E-state index contributed by atoms with van der Waals surface area (Å²) in [6.07, 6.45) is 0.542. The summed E-state index contributed by atoms with van der Waals surface area (Å²) in [7, 11) is 0.650. The standard InChI is InChI=1S/C5H10O2Si/c1-2-7-8-4-5-3-6-5/h5H,2-4H2,1H3. The molecule has 0 amide bonds. The highest BCUT2D eigenvalue weighted by atomic mass is 28.2. The van der Waals surface area contributed by atoms with Gasteiger partial charge < -0.3 is 9.16 Å². The summed E-state index contributed by atoms with van der Waals surface area (Å²) in [4.78, 5) is 0. The molecule has 2 nitrogen and oxygen atoms in total. The quantitative estimate of drug-likeness (QED) is 0.313. The van der Waals surface area contributed by atoms with E-state index in [1.807, 2.05) is 6.92 Å². The Labute approximate surface area is 52.1 Å². The summed E-state index contributed by atoms with van der Waals surface area (Å²) in [5.41, 5.74) is 0. The minimum Gasteiger partial charge on any atom is -0.418 e. The summed E-state index contributed by atoms with van der Waals surface area (Å²) >= 11 is 0. The van der Waals surface area contributed by atoms with E-state index < -0.39 is 0 Å². The van der Waals surface area contributed by atoms with Gasteiger partial charge in [0, 0.05) is 6.61 Å². The number of rotatable bonds is 4. The zero-order chi connectivity index (χ0) is 5.82. The fourth-order valence-corrected chi connectivity index (χ4v) is 1.18. The molecule has 1 rings (SSSR count). The van der Waals surface area contributed by atoms with Crippen LogP contribution in [-0.4, -0.2) is 29.1 Å². The highest BCUT2D eigenvalue weighted by molar-refractivity contribution is 6.27. The van der Waals surface area contributed by atoms with E-state index in [0.717, 1.165) is 19.3 Å². The summed E-state index contributed by atoms with van der Waals surface area (Å²) in [6, 6.07) is 1.10. The highest BCUT2D eigenvalue weighted by Gasteiger charge is 2.21. The Bertz CT molecular complexity index is 63.4. The fraction of sp³-hybridized carbons (Fsp3) is 1.00. The molecule has 1 heterocycles. The molecule has 2 radical (unpaired) electrons. The Balaban J connectivity index is 1.74. The second kappa shape index (κ2) is 3.22. The monoisotopic (exact) mass is 130 g/mol. The predicted octanol–water partition coefficient (Wildman–Crippen LogP) is 0.459. The zero-order valence-electron chi connectivity index (χ0n) is 5.02. The highest BCUT2D eigenvalue weighted by Crippen LogP contribution is 2.12. The fourth-order valence-electron chi connectivity index (χ4n) is 0.440. The molecule has 8 heavy (non-hydrogen) atoms. The Morgan fingerprint density at radius 3 is 3.12 bits per heavy atom. The smallest absolute Gasteiger partial charge is 0.232 e. The van der Waals surface area contributed by atoms with E-state index in [9.17, 15) is 0 Å². The Morgan fingerprint density at radius 1 is 1.88 bits per heavy atom. The van der Waals surface area contributed by atoms with Crippen LogP contribution in [0.25, 0.3) is 0 Å². The third-order valence-electron chi connectivity index (χ3n) is 0.960. The van der Waals surface area contributed by atoms with Crippen LogP contribution >= 0.6 is 0 Å². The van der Waals surface area contributed by atoms with Crippen LogP contribution in [0.3, 0.4) is 0 Å². The molecule has 0 aliphatic carbocycles. The van der Waals surface area contributed by atoms with Crippen LogP contribution in [-0.2, 0) is 9.16 Å². The van der Waals surface area contributed by atoms with E-state index in [4.69, 9.17) is 9.16 Å². The first kappa shape index (κ1) is 6.26. The van der Waals surface area contributed by atoms with Crippen LogP contribution in [0, 0.1) is 0 Å². The molecule has 1 aliphatic heterocycles. The molecule has 1 saturated heterocycles. The van der Waals surface area contributed by atoms with E-state index in [1.54, 1.807) is 0 Å². The molecule has 0 saturated carbocycles. The lowest BCUT2D eigenvalue weighted by molar-refractivity contribution is 0.351. The van der Waals surface area contributed by atoms with Gasteiger partial charge in [0.15, 0.2) is 0 Å². The van der Waals surface area contributed by atoms with Crippen LogP contribution in [0.4, 0.5) is 0 Å². The minimum absolute atomic E-state index is 0.542. The molecular weight excluding hydrogens is 120 g/mol. The average Bonchev–Trinajstić information content (AvgIpc) is 2.51. The van der Waals surface area contributed by atoms with Gasteiger partial charge in [0.05, 0.1) is 12.7 Å². The summed E-state index contributed by atoms with van der Waals surface area (Å²) in [5, 5.41) is 0. The van der Waals surface area contributed by atoms with E-state index in [1.165, 1.54) is 0 Å². The van der Waals surface area contributed by atoms with Crippen molar-refractivity contribution in [2.45, 2.75) is 19.1 Å². The summed E-state index contributed by atoms with van der Waals surface area (Å²) < 4.78 is 10.1. The van der Waals surface area contributed by atoms with Gasteiger partial charge in [0.25, 0.3) is 0 Å². The first-order valence-electron chi connectivity index (χ1n) is 2.89. The van der Waals surface area contributed by atoms with Crippen LogP contribution in [0.2, 0.25) is 6.04 Å². The minimum atomic E-state index is 0.542. The third-order valence-corrected chi connectivity index (χ3v) is 2.07. The number of ether oxygens (including phenoxy) is 1. The van der Waals surface area contributed by atoms with Crippen LogP contribution in [0.1, 0.15) is 6.92 Å². The zero-order valence-corrected chi connectivity index (χ0v) is 6.02. The van der Waals surface area contributed by atoms with Gasteiger partial charge in [-0.3, -0.25) is 0 Å². The van der Waals surface area contributed by atoms with Gasteiger partial charge in [0.1, 0.15) is 0 Å². The van der Waals surface area contributed by atoms with Crippen molar-refractivity contribution >= 4 is 9.76 Å². The van der Waals surface area contributed by atoms with Gasteiger partial charge in [-0.25, -0.2) is 0 Å². The number of epoxide rings is 1. The van der Waals surface area contributed by atoms with Gasteiger partial charge >= 0.3 is 0 Å². The molecule has 0 spiro atoms. The normalized spacial score (nSPS) is 25.9. The Morgan fingerprint density at radius 2 is 2.62 bits per heavy atom. The van der Waals surface area contributed by atoms with Crippen molar-refractivity contribution in [3.05, 3.63) is 0 Å². The maximum atomic E-state index is 5.13. The molecule has 1 atom stereocenters. The number of hydrogen-bond acceptors (Lipinski definition) is 2. The predicted molar refractivity (Wildman–Crippen MR) is 31.9 cm³/mol. The third kappa shape index (κ3) is 2.45. The molecule has 0 bridgehead atoms. The maximum Gasteiger partial charge on any atom is 0.232 e. The molecular formula is C5H10O2Si. The van der Waals surface area contributed by atoms with Gasteiger partial charge in [-0.2, -0.15) is 0 Å². The van der Waals surface area contributed by atoms with Crippen LogP contribution in [0.5, 0.6) is 0 Å². The van der Waals surface area contributed by atoms with Crippen molar-refractivity contribution < 1.29 is 9.16 Å². The molecule has 1 fully saturated rings. The molecule has 0 aromatic carbocycles. The van der Waals surface area contributed by atoms with Gasteiger partial charge in [-0.1, -0.05) is 0 Å². The number of hydrogen-bond donors (Lipinski definition) is 0. The first-order valence-corrected chi connectivity index (χ1v) is 4.01. The van der Waals surface area contributed by atoms with Crippen molar-refractivity contribution in [2.24, 2.45) is 0 Å². The second-order valence-electron chi connectivity index (χ2n) is 1.74. The largest absolute Gasteiger partial charge is 0.418 e. The Hall–Kier alpha value is 0.137. The second-order valence-corrected chi connectivity index (χ2v) is 2.72. The molecule has 1 unspecified atom stereocenters. The van der Waals surface area contributed by atoms with Crippen molar-refractivity contribution in [3.63, 3.8) is 0 Å². The summed E-state index contributed by atoms with van der Waals surface area (Å²) in [5.74, 6) is 0. The van der Waals surface area contributed by atoms with E-state index in [-0.39, 0.29) is 0 Å². The molecule has 1 aliphatic rings. The summed E-state index contributed by atoms with van der Waals surface area (Å²) in [6.45, 7) is 3.81. The van der Waals surface area contributed by atoms with Crippen LogP contribution < -0.4 is 0 Å². The first-order chi connectivity index (χ1) is 3.93. The topological polar surface area (TPSA) is 21.8 Å². The lowest BCUT2D eigenvalue weighted by Crippen LogP contribution is -2.00. The van der Waals surface area contributed by atoms with Crippen molar-refractivity contribution in [2.75, 3.05) is 13.2 Å². The van der Waals surface area contributed by atoms with Crippen LogP contribution in [0.15, 0.2) is 0 Å².